The maximum absolute atomic E-state index is 12.2. The molecule has 6 heteroatoms. The highest BCUT2D eigenvalue weighted by atomic mass is 16.5. The third-order valence-electron chi connectivity index (χ3n) is 3.07. The molecule has 1 aliphatic rings. The van der Waals surface area contributed by atoms with Crippen molar-refractivity contribution in [2.45, 2.75) is 13.0 Å². The fraction of sp³-hybridized carbons (Fsp3) is 0.429. The van der Waals surface area contributed by atoms with Gasteiger partial charge in [-0.05, 0) is 31.2 Å². The van der Waals surface area contributed by atoms with Gasteiger partial charge >= 0.3 is 0 Å². The summed E-state index contributed by atoms with van der Waals surface area (Å²) >= 11 is 0. The second kappa shape index (κ2) is 6.27. The zero-order valence-electron chi connectivity index (χ0n) is 11.6. The van der Waals surface area contributed by atoms with Gasteiger partial charge < -0.3 is 19.7 Å². The lowest BCUT2D eigenvalue weighted by Gasteiger charge is -2.29. The molecule has 1 unspecified atom stereocenters. The summed E-state index contributed by atoms with van der Waals surface area (Å²) in [6.07, 6.45) is -0.630. The normalized spacial score (nSPS) is 16.3. The molecule has 1 atom stereocenters. The number of amides is 2. The second-order valence-electron chi connectivity index (χ2n) is 4.55. The minimum absolute atomic E-state index is 0.0924. The number of carbonyl (C=O) groups excluding carboxylic acids is 2. The van der Waals surface area contributed by atoms with E-state index >= 15 is 0 Å². The lowest BCUT2D eigenvalue weighted by Crippen LogP contribution is -2.53. The van der Waals surface area contributed by atoms with Crippen molar-refractivity contribution in [2.75, 3.05) is 26.7 Å². The van der Waals surface area contributed by atoms with E-state index in [4.69, 9.17) is 9.47 Å². The van der Waals surface area contributed by atoms with Crippen LogP contribution in [0.4, 0.5) is 0 Å². The van der Waals surface area contributed by atoms with E-state index in [2.05, 4.69) is 5.32 Å². The van der Waals surface area contributed by atoms with Crippen LogP contribution < -0.4 is 14.8 Å². The Morgan fingerprint density at radius 3 is 2.55 bits per heavy atom. The van der Waals surface area contributed by atoms with Crippen molar-refractivity contribution in [3.63, 3.8) is 0 Å². The van der Waals surface area contributed by atoms with Gasteiger partial charge in [-0.15, -0.1) is 0 Å². The predicted molar refractivity (Wildman–Crippen MR) is 72.7 cm³/mol. The summed E-state index contributed by atoms with van der Waals surface area (Å²) in [6.45, 7) is 2.77. The van der Waals surface area contributed by atoms with Crippen molar-refractivity contribution in [1.82, 2.24) is 10.2 Å². The number of carbonyl (C=O) groups is 2. The standard InChI is InChI=1S/C14H18N2O4/c1-10(14(18)16-8-7-15-13(17)9-16)20-12-5-3-11(19-2)4-6-12/h3-6,10H,7-9H2,1-2H3,(H,15,17). The van der Waals surface area contributed by atoms with Crippen LogP contribution in [-0.4, -0.2) is 49.6 Å². The van der Waals surface area contributed by atoms with Gasteiger partial charge in [0.2, 0.25) is 5.91 Å². The molecule has 0 aliphatic carbocycles. The van der Waals surface area contributed by atoms with Crippen molar-refractivity contribution >= 4 is 11.8 Å². The number of hydrogen-bond donors (Lipinski definition) is 1. The topological polar surface area (TPSA) is 67.9 Å². The molecule has 1 aromatic rings. The van der Waals surface area contributed by atoms with E-state index < -0.39 is 6.10 Å². The summed E-state index contributed by atoms with van der Waals surface area (Å²) in [5, 5.41) is 2.68. The Morgan fingerprint density at radius 1 is 1.30 bits per heavy atom. The number of hydrogen-bond acceptors (Lipinski definition) is 4. The van der Waals surface area contributed by atoms with E-state index in [0.717, 1.165) is 5.75 Å². The highest BCUT2D eigenvalue weighted by molar-refractivity contribution is 5.88. The number of methoxy groups -OCH3 is 1. The van der Waals surface area contributed by atoms with E-state index in [-0.39, 0.29) is 18.4 Å². The smallest absolute Gasteiger partial charge is 0.263 e. The van der Waals surface area contributed by atoms with Crippen LogP contribution in [0.3, 0.4) is 0 Å². The maximum Gasteiger partial charge on any atom is 0.263 e. The molecular weight excluding hydrogens is 260 g/mol. The van der Waals surface area contributed by atoms with E-state index in [9.17, 15) is 9.59 Å². The Morgan fingerprint density at radius 2 is 1.95 bits per heavy atom. The highest BCUT2D eigenvalue weighted by Gasteiger charge is 2.26. The van der Waals surface area contributed by atoms with Gasteiger partial charge in [0.25, 0.3) is 5.91 Å². The van der Waals surface area contributed by atoms with E-state index in [0.29, 0.717) is 18.8 Å². The first kappa shape index (κ1) is 14.2. The van der Waals surface area contributed by atoms with Gasteiger partial charge in [0.15, 0.2) is 6.10 Å². The molecule has 0 radical (unpaired) electrons. The van der Waals surface area contributed by atoms with E-state index in [1.54, 1.807) is 38.3 Å². The molecule has 0 bridgehead atoms. The van der Waals surface area contributed by atoms with Gasteiger partial charge in [0.1, 0.15) is 11.5 Å². The van der Waals surface area contributed by atoms with Gasteiger partial charge in [0, 0.05) is 13.1 Å². The van der Waals surface area contributed by atoms with Gasteiger partial charge in [-0.25, -0.2) is 0 Å². The molecule has 20 heavy (non-hydrogen) atoms. The van der Waals surface area contributed by atoms with Crippen LogP contribution in [0.1, 0.15) is 6.92 Å². The fourth-order valence-electron chi connectivity index (χ4n) is 1.99. The van der Waals surface area contributed by atoms with Gasteiger partial charge in [-0.2, -0.15) is 0 Å². The summed E-state index contributed by atoms with van der Waals surface area (Å²) in [5.41, 5.74) is 0. The summed E-state index contributed by atoms with van der Waals surface area (Å²) in [7, 11) is 1.59. The average molecular weight is 278 g/mol. The molecule has 1 saturated heterocycles. The SMILES string of the molecule is COc1ccc(OC(C)C(=O)N2CCNC(=O)C2)cc1. The molecule has 2 amide bonds. The van der Waals surface area contributed by atoms with Gasteiger partial charge in [0.05, 0.1) is 13.7 Å². The second-order valence-corrected chi connectivity index (χ2v) is 4.55. The summed E-state index contributed by atoms with van der Waals surface area (Å²) < 4.78 is 10.6. The average Bonchev–Trinajstić information content (AvgIpc) is 2.47. The van der Waals surface area contributed by atoms with Crippen LogP contribution in [0.2, 0.25) is 0 Å². The number of piperazine rings is 1. The largest absolute Gasteiger partial charge is 0.497 e. The Bertz CT molecular complexity index is 486. The fourth-order valence-corrected chi connectivity index (χ4v) is 1.99. The van der Waals surface area contributed by atoms with Crippen LogP contribution in [0, 0.1) is 0 Å². The molecule has 1 aromatic carbocycles. The first-order chi connectivity index (χ1) is 9.60. The number of nitrogens with one attached hydrogen (secondary N) is 1. The molecule has 1 fully saturated rings. The Labute approximate surface area is 117 Å². The lowest BCUT2D eigenvalue weighted by atomic mass is 10.2. The Kier molecular flexibility index (Phi) is 4.45. The Balaban J connectivity index is 1.94. The highest BCUT2D eigenvalue weighted by Crippen LogP contribution is 2.18. The molecule has 1 heterocycles. The van der Waals surface area contributed by atoms with Crippen LogP contribution in [-0.2, 0) is 9.59 Å². The van der Waals surface area contributed by atoms with Crippen LogP contribution in [0.25, 0.3) is 0 Å². The molecule has 1 aliphatic heterocycles. The van der Waals surface area contributed by atoms with Crippen LogP contribution >= 0.6 is 0 Å². The molecule has 108 valence electrons. The molecule has 0 saturated carbocycles. The molecule has 0 aromatic heterocycles. The first-order valence-electron chi connectivity index (χ1n) is 6.46. The zero-order chi connectivity index (χ0) is 14.5. The summed E-state index contributed by atoms with van der Waals surface area (Å²) in [6, 6.07) is 7.01. The molecule has 6 nitrogen and oxygen atoms in total. The van der Waals surface area contributed by atoms with Crippen molar-refractivity contribution < 1.29 is 19.1 Å². The number of rotatable bonds is 4. The van der Waals surface area contributed by atoms with Crippen LogP contribution in [0.15, 0.2) is 24.3 Å². The van der Waals surface area contributed by atoms with Crippen LogP contribution in [0.5, 0.6) is 11.5 Å². The molecule has 2 rings (SSSR count). The number of ether oxygens (including phenoxy) is 2. The monoisotopic (exact) mass is 278 g/mol. The molecule has 0 spiro atoms. The first-order valence-corrected chi connectivity index (χ1v) is 6.46. The van der Waals surface area contributed by atoms with E-state index in [1.807, 2.05) is 0 Å². The minimum Gasteiger partial charge on any atom is -0.497 e. The van der Waals surface area contributed by atoms with Gasteiger partial charge in [-0.3, -0.25) is 9.59 Å². The number of benzene rings is 1. The Hall–Kier alpha value is -2.24. The quantitative estimate of drug-likeness (QED) is 0.867. The summed E-state index contributed by atoms with van der Waals surface area (Å²) in [5.74, 6) is 0.994. The molecule has 1 N–H and O–H groups in total. The maximum atomic E-state index is 12.2. The predicted octanol–water partition coefficient (Wildman–Crippen LogP) is 0.421. The lowest BCUT2D eigenvalue weighted by molar-refractivity contribution is -0.143. The number of nitrogens with zero attached hydrogens (tertiary/aromatic N) is 1. The van der Waals surface area contributed by atoms with Crippen molar-refractivity contribution in [1.29, 1.82) is 0 Å². The van der Waals surface area contributed by atoms with Crippen molar-refractivity contribution in [3.05, 3.63) is 24.3 Å². The van der Waals surface area contributed by atoms with Gasteiger partial charge in [-0.1, -0.05) is 0 Å². The molecular formula is C14H18N2O4. The minimum atomic E-state index is -0.630. The van der Waals surface area contributed by atoms with Crippen molar-refractivity contribution in [3.8, 4) is 11.5 Å². The van der Waals surface area contributed by atoms with Crippen molar-refractivity contribution in [2.24, 2.45) is 0 Å². The summed E-state index contributed by atoms with van der Waals surface area (Å²) in [4.78, 5) is 24.9. The van der Waals surface area contributed by atoms with E-state index in [1.165, 1.54) is 4.90 Å². The third kappa shape index (κ3) is 3.40. The zero-order valence-corrected chi connectivity index (χ0v) is 11.6. The third-order valence-corrected chi connectivity index (χ3v) is 3.07.